The number of fused-ring (bicyclic) bond motifs is 3. The largest absolute Gasteiger partial charge is 0.481 e. The average molecular weight is 530 g/mol. The van der Waals surface area contributed by atoms with E-state index in [4.69, 9.17) is 9.84 Å². The fraction of sp³-hybridized carbons (Fsp3) is 0.323. The summed E-state index contributed by atoms with van der Waals surface area (Å²) in [5, 5.41) is 11.9. The van der Waals surface area contributed by atoms with Gasteiger partial charge in [-0.3, -0.25) is 14.5 Å². The molecule has 8 nitrogen and oxygen atoms in total. The maximum absolute atomic E-state index is 13.4. The minimum absolute atomic E-state index is 0.0654. The van der Waals surface area contributed by atoms with Crippen LogP contribution in [0.15, 0.2) is 78.9 Å². The maximum Gasteiger partial charge on any atom is 0.407 e. The number of carbonyl (C=O) groups excluding carboxylic acids is 2. The molecular formula is C31H35N3O5. The van der Waals surface area contributed by atoms with Gasteiger partial charge in [-0.05, 0) is 41.8 Å². The van der Waals surface area contributed by atoms with Crippen LogP contribution in [0.25, 0.3) is 11.1 Å². The first-order valence-electron chi connectivity index (χ1n) is 13.2. The van der Waals surface area contributed by atoms with E-state index in [9.17, 15) is 14.4 Å². The quantitative estimate of drug-likeness (QED) is 0.362. The number of nitrogens with one attached hydrogen (secondary N) is 1. The fourth-order valence-corrected chi connectivity index (χ4v) is 5.11. The van der Waals surface area contributed by atoms with Gasteiger partial charge in [-0.2, -0.15) is 0 Å². The van der Waals surface area contributed by atoms with Crippen molar-refractivity contribution in [3.8, 4) is 11.1 Å². The van der Waals surface area contributed by atoms with Crippen molar-refractivity contribution in [2.45, 2.75) is 31.8 Å². The Bertz CT molecular complexity index is 1250. The van der Waals surface area contributed by atoms with Gasteiger partial charge in [0, 0.05) is 32.1 Å². The third kappa shape index (κ3) is 7.03. The van der Waals surface area contributed by atoms with Crippen LogP contribution in [-0.2, 0) is 20.9 Å². The lowest BCUT2D eigenvalue weighted by atomic mass is 9.98. The van der Waals surface area contributed by atoms with Crippen LogP contribution in [-0.4, -0.2) is 72.2 Å². The van der Waals surface area contributed by atoms with Gasteiger partial charge in [-0.25, -0.2) is 4.79 Å². The highest BCUT2D eigenvalue weighted by Crippen LogP contribution is 2.44. The van der Waals surface area contributed by atoms with Crippen LogP contribution in [0.2, 0.25) is 0 Å². The predicted octanol–water partition coefficient (Wildman–Crippen LogP) is 4.35. The number of aliphatic carboxylic acids is 1. The lowest BCUT2D eigenvalue weighted by molar-refractivity contribution is -0.139. The number of carbonyl (C=O) groups is 3. The van der Waals surface area contributed by atoms with E-state index in [0.29, 0.717) is 13.1 Å². The number of amides is 2. The summed E-state index contributed by atoms with van der Waals surface area (Å²) in [6.45, 7) is 3.14. The third-order valence-corrected chi connectivity index (χ3v) is 7.01. The number of benzene rings is 3. The molecule has 2 N–H and O–H groups in total. The van der Waals surface area contributed by atoms with Gasteiger partial charge in [0.05, 0.1) is 6.42 Å². The van der Waals surface area contributed by atoms with E-state index in [1.165, 1.54) is 4.90 Å². The number of hydrogen-bond acceptors (Lipinski definition) is 5. The zero-order chi connectivity index (χ0) is 27.8. The normalized spacial score (nSPS) is 12.9. The van der Waals surface area contributed by atoms with E-state index < -0.39 is 18.1 Å². The molecule has 3 aromatic carbocycles. The molecule has 0 fully saturated rings. The molecule has 0 radical (unpaired) electrons. The Kier molecular flexibility index (Phi) is 9.33. The highest BCUT2D eigenvalue weighted by atomic mass is 16.5. The van der Waals surface area contributed by atoms with Gasteiger partial charge in [-0.1, -0.05) is 78.9 Å². The Hall–Kier alpha value is -4.17. The Morgan fingerprint density at radius 2 is 1.51 bits per heavy atom. The molecule has 4 rings (SSSR count). The summed E-state index contributed by atoms with van der Waals surface area (Å²) >= 11 is 0. The molecule has 0 aliphatic heterocycles. The Balaban J connectivity index is 1.45. The number of carboxylic acid groups (broad SMARTS) is 1. The zero-order valence-corrected chi connectivity index (χ0v) is 22.4. The van der Waals surface area contributed by atoms with Gasteiger partial charge in [0.1, 0.15) is 12.6 Å². The van der Waals surface area contributed by atoms with E-state index in [1.54, 1.807) is 6.92 Å². The summed E-state index contributed by atoms with van der Waals surface area (Å²) in [6, 6.07) is 25.1. The third-order valence-electron chi connectivity index (χ3n) is 7.01. The molecule has 8 heteroatoms. The van der Waals surface area contributed by atoms with Crippen molar-refractivity contribution >= 4 is 18.0 Å². The maximum atomic E-state index is 13.4. The Morgan fingerprint density at radius 3 is 2.10 bits per heavy atom. The van der Waals surface area contributed by atoms with Gasteiger partial charge in [-0.15, -0.1) is 0 Å². The summed E-state index contributed by atoms with van der Waals surface area (Å²) in [5.74, 6) is -1.42. The first kappa shape index (κ1) is 27.9. The van der Waals surface area contributed by atoms with Crippen molar-refractivity contribution in [1.29, 1.82) is 0 Å². The minimum Gasteiger partial charge on any atom is -0.481 e. The summed E-state index contributed by atoms with van der Waals surface area (Å²) < 4.78 is 5.70. The lowest BCUT2D eigenvalue weighted by Crippen LogP contribution is -2.53. The first-order chi connectivity index (χ1) is 18.9. The van der Waals surface area contributed by atoms with Crippen molar-refractivity contribution in [2.75, 3.05) is 33.3 Å². The number of hydrogen-bond donors (Lipinski definition) is 2. The first-order valence-corrected chi connectivity index (χ1v) is 13.2. The number of rotatable bonds is 12. The minimum atomic E-state index is -0.983. The van der Waals surface area contributed by atoms with E-state index in [0.717, 1.165) is 27.8 Å². The van der Waals surface area contributed by atoms with Gasteiger partial charge < -0.3 is 20.1 Å². The molecule has 1 atom stereocenters. The van der Waals surface area contributed by atoms with Crippen LogP contribution in [0, 0.1) is 0 Å². The number of alkyl carbamates (subject to hydrolysis) is 1. The molecule has 1 aliphatic rings. The van der Waals surface area contributed by atoms with Crippen LogP contribution in [0.5, 0.6) is 0 Å². The average Bonchev–Trinajstić information content (AvgIpc) is 3.25. The number of nitrogens with zero attached hydrogens (tertiary/aromatic N) is 2. The van der Waals surface area contributed by atoms with E-state index in [2.05, 4.69) is 17.4 Å². The highest BCUT2D eigenvalue weighted by Gasteiger charge is 2.31. The molecule has 3 aromatic rings. The monoisotopic (exact) mass is 529 g/mol. The van der Waals surface area contributed by atoms with Crippen LogP contribution in [0.3, 0.4) is 0 Å². The van der Waals surface area contributed by atoms with Gasteiger partial charge in [0.25, 0.3) is 0 Å². The van der Waals surface area contributed by atoms with Crippen molar-refractivity contribution in [2.24, 2.45) is 0 Å². The van der Waals surface area contributed by atoms with E-state index in [1.807, 2.05) is 78.7 Å². The van der Waals surface area contributed by atoms with Crippen molar-refractivity contribution in [3.63, 3.8) is 0 Å². The number of likely N-dealkylation sites (N-methyl/N-ethyl adjacent to an activating group) is 2. The van der Waals surface area contributed by atoms with Crippen molar-refractivity contribution < 1.29 is 24.2 Å². The van der Waals surface area contributed by atoms with Gasteiger partial charge in [0.15, 0.2) is 0 Å². The molecule has 204 valence electrons. The summed E-state index contributed by atoms with van der Waals surface area (Å²) in [4.78, 5) is 41.0. The molecule has 2 amide bonds. The van der Waals surface area contributed by atoms with Gasteiger partial charge >= 0.3 is 12.1 Å². The number of ether oxygens (including phenoxy) is 1. The second-order valence-corrected chi connectivity index (χ2v) is 9.77. The van der Waals surface area contributed by atoms with E-state index in [-0.39, 0.29) is 37.9 Å². The predicted molar refractivity (Wildman–Crippen MR) is 149 cm³/mol. The Labute approximate surface area is 229 Å². The zero-order valence-electron chi connectivity index (χ0n) is 22.4. The van der Waals surface area contributed by atoms with Crippen LogP contribution < -0.4 is 5.32 Å². The smallest absolute Gasteiger partial charge is 0.407 e. The molecule has 1 unspecified atom stereocenters. The fourth-order valence-electron chi connectivity index (χ4n) is 5.11. The van der Waals surface area contributed by atoms with Crippen molar-refractivity contribution in [1.82, 2.24) is 15.1 Å². The molecule has 0 spiro atoms. The second-order valence-electron chi connectivity index (χ2n) is 9.77. The highest BCUT2D eigenvalue weighted by molar-refractivity contribution is 5.86. The SMILES string of the molecule is CCN(CCC(=O)O)C(=O)C(CN(C)Cc1ccccc1)NC(=O)OCC1c2ccccc2-c2ccccc21. The molecule has 0 bridgehead atoms. The topological polar surface area (TPSA) is 99.2 Å². The van der Waals surface area contributed by atoms with Crippen LogP contribution >= 0.6 is 0 Å². The molecule has 0 heterocycles. The summed E-state index contributed by atoms with van der Waals surface area (Å²) in [5.41, 5.74) is 5.55. The van der Waals surface area contributed by atoms with Crippen LogP contribution in [0.4, 0.5) is 4.79 Å². The van der Waals surface area contributed by atoms with Crippen LogP contribution in [0.1, 0.15) is 36.0 Å². The standard InChI is InChI=1S/C31H35N3O5/c1-3-34(18-17-29(35)36)30(37)28(20-33(2)19-22-11-5-4-6-12-22)32-31(38)39-21-27-25-15-9-7-13-23(25)24-14-8-10-16-26(24)27/h4-16,27-28H,3,17-21H2,1-2H3,(H,32,38)(H,35,36). The van der Waals surface area contributed by atoms with E-state index >= 15 is 0 Å². The van der Waals surface area contributed by atoms with Crippen molar-refractivity contribution in [3.05, 3.63) is 95.6 Å². The molecule has 0 aromatic heterocycles. The second kappa shape index (κ2) is 13.1. The molecule has 39 heavy (non-hydrogen) atoms. The Morgan fingerprint density at radius 1 is 0.923 bits per heavy atom. The summed E-state index contributed by atoms with van der Waals surface area (Å²) in [7, 11) is 1.88. The summed E-state index contributed by atoms with van der Waals surface area (Å²) in [6.07, 6.45) is -0.852. The van der Waals surface area contributed by atoms with Gasteiger partial charge in [0.2, 0.25) is 5.91 Å². The molecule has 0 saturated carbocycles. The molecule has 0 saturated heterocycles. The lowest BCUT2D eigenvalue weighted by Gasteiger charge is -2.29. The molecule has 1 aliphatic carbocycles. The molecular weight excluding hydrogens is 494 g/mol. The number of carboxylic acids is 1.